The first-order valence-corrected chi connectivity index (χ1v) is 13.2. The summed E-state index contributed by atoms with van der Waals surface area (Å²) < 4.78 is 9.42. The molecule has 5 unspecified atom stereocenters. The second-order valence-electron chi connectivity index (χ2n) is 9.63. The first-order valence-electron chi connectivity index (χ1n) is 12.4. The number of amides is 4. The van der Waals surface area contributed by atoms with E-state index in [4.69, 9.17) is 15.2 Å². The van der Waals surface area contributed by atoms with Crippen LogP contribution in [0.15, 0.2) is 54.6 Å². The van der Waals surface area contributed by atoms with Crippen molar-refractivity contribution in [3.63, 3.8) is 0 Å². The van der Waals surface area contributed by atoms with Crippen LogP contribution >= 0.6 is 11.8 Å². The van der Waals surface area contributed by atoms with E-state index in [-0.39, 0.29) is 18.9 Å². The summed E-state index contributed by atoms with van der Waals surface area (Å²) in [5.41, 5.74) is 6.96. The van der Waals surface area contributed by atoms with E-state index in [2.05, 4.69) is 5.32 Å². The number of nitro benzene ring substituents is 1. The number of hydrogen-bond acceptors (Lipinski definition) is 11. The van der Waals surface area contributed by atoms with Gasteiger partial charge in [-0.05, 0) is 30.2 Å². The van der Waals surface area contributed by atoms with Crippen LogP contribution in [-0.4, -0.2) is 68.4 Å². The number of ether oxygens (including phenoxy) is 2. The third-order valence-electron chi connectivity index (χ3n) is 6.58. The van der Waals surface area contributed by atoms with Crippen molar-refractivity contribution in [1.82, 2.24) is 15.5 Å². The number of hydrogen-bond donors (Lipinski definition) is 3. The van der Waals surface area contributed by atoms with Gasteiger partial charge < -0.3 is 25.4 Å². The number of carbonyl (C=O) groups is 5. The molecule has 2 aliphatic heterocycles. The molecule has 4 N–H and O–H groups in total. The fourth-order valence-corrected chi connectivity index (χ4v) is 6.20. The molecule has 2 aliphatic rings. The molecule has 0 spiro atoms. The molecule has 216 valence electrons. The number of thioether (sulfide) groups is 1. The number of imide groups is 1. The van der Waals surface area contributed by atoms with Gasteiger partial charge in [0.25, 0.3) is 5.69 Å². The summed E-state index contributed by atoms with van der Waals surface area (Å²) in [6.07, 6.45) is -1.03. The molecule has 2 aromatic carbocycles. The van der Waals surface area contributed by atoms with E-state index in [0.717, 1.165) is 18.7 Å². The van der Waals surface area contributed by atoms with Gasteiger partial charge in [0.15, 0.2) is 0 Å². The summed E-state index contributed by atoms with van der Waals surface area (Å²) in [6, 6.07) is 10.7. The molecule has 2 aromatic rings. The van der Waals surface area contributed by atoms with E-state index >= 15 is 0 Å². The minimum atomic E-state index is -1.22. The van der Waals surface area contributed by atoms with E-state index in [9.17, 15) is 34.1 Å². The summed E-state index contributed by atoms with van der Waals surface area (Å²) >= 11 is 1.13. The van der Waals surface area contributed by atoms with Crippen LogP contribution in [0.3, 0.4) is 0 Å². The van der Waals surface area contributed by atoms with Gasteiger partial charge in [-0.15, -0.1) is 11.8 Å². The maximum atomic E-state index is 13.3. The van der Waals surface area contributed by atoms with Gasteiger partial charge in [0, 0.05) is 19.1 Å². The number of esters is 1. The summed E-state index contributed by atoms with van der Waals surface area (Å²) in [4.78, 5) is 74.2. The lowest BCUT2D eigenvalue weighted by atomic mass is 9.94. The van der Waals surface area contributed by atoms with Crippen LogP contribution in [0.1, 0.15) is 31.0 Å². The van der Waals surface area contributed by atoms with Gasteiger partial charge in [0.1, 0.15) is 36.7 Å². The smallest absolute Gasteiger partial charge is 0.413 e. The zero-order valence-electron chi connectivity index (χ0n) is 22.0. The molecule has 4 rings (SSSR count). The maximum Gasteiger partial charge on any atom is 0.413 e. The lowest BCUT2D eigenvalue weighted by Gasteiger charge is -2.44. The molecule has 2 saturated heterocycles. The van der Waals surface area contributed by atoms with Crippen LogP contribution < -0.4 is 16.4 Å². The SMILES string of the molecule is CC(=O)NC(=O)OCC1(C)SC2C(NC(=O)C(N)c3ccccc3)C(=O)N2C1C(=O)OCc1ccc([N+](=O)[O-])cc1. The number of carbonyl (C=O) groups excluding carboxylic acids is 5. The van der Waals surface area contributed by atoms with Crippen LogP contribution in [0, 0.1) is 10.1 Å². The lowest BCUT2D eigenvalue weighted by Crippen LogP contribution is -2.71. The zero-order chi connectivity index (χ0) is 29.9. The van der Waals surface area contributed by atoms with E-state index in [1.165, 1.54) is 29.2 Å². The Kier molecular flexibility index (Phi) is 8.58. The molecule has 0 aliphatic carbocycles. The van der Waals surface area contributed by atoms with Gasteiger partial charge in [0.2, 0.25) is 17.7 Å². The minimum Gasteiger partial charge on any atom is -0.459 e. The van der Waals surface area contributed by atoms with Crippen LogP contribution in [0.5, 0.6) is 0 Å². The third kappa shape index (κ3) is 6.30. The molecule has 15 heteroatoms. The minimum absolute atomic E-state index is 0.130. The Hall–Kier alpha value is -4.50. The van der Waals surface area contributed by atoms with Gasteiger partial charge in [-0.1, -0.05) is 30.3 Å². The Morgan fingerprint density at radius 3 is 2.39 bits per heavy atom. The Bertz CT molecular complexity index is 1370. The number of alkyl carbamates (subject to hydrolysis) is 1. The number of β-lactam (4-membered cyclic amide) rings is 1. The molecule has 0 radical (unpaired) electrons. The van der Waals surface area contributed by atoms with Gasteiger partial charge in [-0.2, -0.15) is 0 Å². The first-order chi connectivity index (χ1) is 19.4. The number of non-ortho nitro benzene ring substituents is 1. The summed E-state index contributed by atoms with van der Waals surface area (Å²) in [7, 11) is 0. The molecular weight excluding hydrogens is 558 g/mol. The van der Waals surface area contributed by atoms with Crippen LogP contribution in [0.4, 0.5) is 10.5 Å². The molecule has 2 fully saturated rings. The number of nitrogens with zero attached hydrogens (tertiary/aromatic N) is 2. The van der Waals surface area contributed by atoms with Crippen molar-refractivity contribution in [2.24, 2.45) is 5.73 Å². The summed E-state index contributed by atoms with van der Waals surface area (Å²) in [5.74, 6) is -2.59. The Balaban J connectivity index is 1.49. The van der Waals surface area contributed by atoms with Crippen LogP contribution in [-0.2, 0) is 35.3 Å². The predicted molar refractivity (Wildman–Crippen MR) is 144 cm³/mol. The number of benzene rings is 2. The number of nitrogens with one attached hydrogen (secondary N) is 2. The van der Waals surface area contributed by atoms with Gasteiger partial charge in [0.05, 0.1) is 9.67 Å². The third-order valence-corrected chi connectivity index (χ3v) is 8.21. The van der Waals surface area contributed by atoms with E-state index in [0.29, 0.717) is 11.1 Å². The van der Waals surface area contributed by atoms with E-state index in [1.807, 2.05) is 5.32 Å². The number of rotatable bonds is 9. The average molecular weight is 586 g/mol. The highest BCUT2D eigenvalue weighted by molar-refractivity contribution is 8.01. The lowest BCUT2D eigenvalue weighted by molar-refractivity contribution is -0.384. The molecule has 41 heavy (non-hydrogen) atoms. The molecule has 0 saturated carbocycles. The van der Waals surface area contributed by atoms with E-state index in [1.54, 1.807) is 37.3 Å². The average Bonchev–Trinajstić information content (AvgIpc) is 3.23. The first kappa shape index (κ1) is 29.5. The Morgan fingerprint density at radius 2 is 1.78 bits per heavy atom. The summed E-state index contributed by atoms with van der Waals surface area (Å²) in [5, 5.41) is 14.8. The molecule has 14 nitrogen and oxygen atoms in total. The highest BCUT2D eigenvalue weighted by Gasteiger charge is 2.66. The van der Waals surface area contributed by atoms with Crippen molar-refractivity contribution in [3.8, 4) is 0 Å². The molecule has 5 atom stereocenters. The van der Waals surface area contributed by atoms with Crippen molar-refractivity contribution >= 4 is 47.2 Å². The molecule has 0 aromatic heterocycles. The number of nitro groups is 1. The fourth-order valence-electron chi connectivity index (χ4n) is 4.52. The highest BCUT2D eigenvalue weighted by Crippen LogP contribution is 2.51. The topological polar surface area (TPSA) is 200 Å². The van der Waals surface area contributed by atoms with Crippen LogP contribution in [0.25, 0.3) is 0 Å². The predicted octanol–water partition coefficient (Wildman–Crippen LogP) is 1.14. The quantitative estimate of drug-likeness (QED) is 0.165. The zero-order valence-corrected chi connectivity index (χ0v) is 22.8. The fraction of sp³-hybridized carbons (Fsp3) is 0.346. The highest BCUT2D eigenvalue weighted by atomic mass is 32.2. The van der Waals surface area contributed by atoms with Gasteiger partial charge in [-0.3, -0.25) is 29.8 Å². The monoisotopic (exact) mass is 585 g/mol. The van der Waals surface area contributed by atoms with Crippen molar-refractivity contribution in [2.75, 3.05) is 6.61 Å². The Morgan fingerprint density at radius 1 is 1.12 bits per heavy atom. The standard InChI is InChI=1S/C26H27N5O9S/c1-14(32)28-25(36)40-13-26(2)20(24(35)39-12-15-8-10-17(11-9-15)31(37)38)30-22(34)19(23(30)41-26)29-21(33)18(27)16-6-4-3-5-7-16/h3-11,18-20,23H,12-13,27H2,1-2H3,(H,29,33)(H,28,32,36). The van der Waals surface area contributed by atoms with Crippen molar-refractivity contribution in [2.45, 2.75) is 48.7 Å². The molecule has 4 amide bonds. The normalized spacial score (nSPS) is 23.4. The van der Waals surface area contributed by atoms with Crippen molar-refractivity contribution < 1.29 is 38.4 Å². The molecule has 0 bridgehead atoms. The Labute approximate surface area is 238 Å². The van der Waals surface area contributed by atoms with Crippen LogP contribution in [0.2, 0.25) is 0 Å². The molecular formula is C26H27N5O9S. The summed E-state index contributed by atoms with van der Waals surface area (Å²) in [6.45, 7) is 2.11. The maximum absolute atomic E-state index is 13.3. The van der Waals surface area contributed by atoms with Gasteiger partial charge >= 0.3 is 12.1 Å². The van der Waals surface area contributed by atoms with Crippen molar-refractivity contribution in [3.05, 3.63) is 75.8 Å². The second-order valence-corrected chi connectivity index (χ2v) is 11.3. The number of fused-ring (bicyclic) bond motifs is 1. The second kappa shape index (κ2) is 11.9. The van der Waals surface area contributed by atoms with Gasteiger partial charge in [-0.25, -0.2) is 9.59 Å². The molecule has 2 heterocycles. The van der Waals surface area contributed by atoms with E-state index < -0.39 is 63.0 Å². The number of nitrogens with two attached hydrogens (primary N) is 1. The largest absolute Gasteiger partial charge is 0.459 e. The van der Waals surface area contributed by atoms with Crippen molar-refractivity contribution in [1.29, 1.82) is 0 Å².